The van der Waals surface area contributed by atoms with Crippen LogP contribution in [0.1, 0.15) is 72.6 Å². The van der Waals surface area contributed by atoms with Crippen LogP contribution in [0.4, 0.5) is 0 Å². The van der Waals surface area contributed by atoms with Crippen LogP contribution in [0.5, 0.6) is 0 Å². The zero-order valence-corrected chi connectivity index (χ0v) is 13.1. The van der Waals surface area contributed by atoms with Crippen molar-refractivity contribution in [3.63, 3.8) is 0 Å². The van der Waals surface area contributed by atoms with Crippen LogP contribution in [0, 0.1) is 22.7 Å². The molecule has 1 atom stereocenters. The lowest BCUT2D eigenvalue weighted by Gasteiger charge is -2.39. The summed E-state index contributed by atoms with van der Waals surface area (Å²) in [5, 5.41) is 9.17. The van der Waals surface area contributed by atoms with Crippen LogP contribution in [-0.4, -0.2) is 0 Å². The van der Waals surface area contributed by atoms with Gasteiger partial charge in [0.05, 0.1) is 6.07 Å². The molecule has 0 aromatic carbocycles. The van der Waals surface area contributed by atoms with Crippen molar-refractivity contribution in [2.75, 3.05) is 0 Å². The Kier molecular flexibility index (Phi) is 6.35. The SMILES string of the molecule is CC/C(C)=C\C(C)=C/C(C)C1(CC#N)CCCCC1. The summed E-state index contributed by atoms with van der Waals surface area (Å²) in [5.74, 6) is 0.508. The average molecular weight is 259 g/mol. The first-order chi connectivity index (χ1) is 9.04. The molecule has 0 aliphatic heterocycles. The predicted octanol–water partition coefficient (Wildman–Crippen LogP) is 5.79. The summed E-state index contributed by atoms with van der Waals surface area (Å²) in [6, 6.07) is 2.44. The molecule has 1 nitrogen and oxygen atoms in total. The molecule has 0 aromatic rings. The zero-order chi connectivity index (χ0) is 14.3. The van der Waals surface area contributed by atoms with Gasteiger partial charge in [-0.2, -0.15) is 5.26 Å². The van der Waals surface area contributed by atoms with E-state index in [-0.39, 0.29) is 5.41 Å². The molecule has 1 fully saturated rings. The van der Waals surface area contributed by atoms with Gasteiger partial charge in [0.25, 0.3) is 0 Å². The summed E-state index contributed by atoms with van der Waals surface area (Å²) >= 11 is 0. The van der Waals surface area contributed by atoms with Crippen LogP contribution in [0.3, 0.4) is 0 Å². The lowest BCUT2D eigenvalue weighted by molar-refractivity contribution is 0.140. The number of nitriles is 1. The second kappa shape index (κ2) is 7.53. The van der Waals surface area contributed by atoms with Gasteiger partial charge in [-0.05, 0) is 44.4 Å². The molecule has 19 heavy (non-hydrogen) atoms. The molecule has 0 aromatic heterocycles. The summed E-state index contributed by atoms with van der Waals surface area (Å²) in [6.07, 6.45) is 12.9. The molecular formula is C18H29N. The number of allylic oxidation sites excluding steroid dienone is 4. The van der Waals surface area contributed by atoms with Crippen LogP contribution in [0.2, 0.25) is 0 Å². The minimum Gasteiger partial charge on any atom is -0.198 e. The van der Waals surface area contributed by atoms with E-state index in [0.717, 1.165) is 6.42 Å². The fraction of sp³-hybridized carbons (Fsp3) is 0.722. The summed E-state index contributed by atoms with van der Waals surface area (Å²) < 4.78 is 0. The summed E-state index contributed by atoms with van der Waals surface area (Å²) in [7, 11) is 0. The molecule has 106 valence electrons. The van der Waals surface area contributed by atoms with Crippen LogP contribution in [-0.2, 0) is 0 Å². The highest BCUT2D eigenvalue weighted by atomic mass is 14.4. The molecule has 1 rings (SSSR count). The van der Waals surface area contributed by atoms with Crippen molar-refractivity contribution in [2.45, 2.75) is 72.6 Å². The van der Waals surface area contributed by atoms with Gasteiger partial charge >= 0.3 is 0 Å². The van der Waals surface area contributed by atoms with Crippen molar-refractivity contribution >= 4 is 0 Å². The molecule has 0 N–H and O–H groups in total. The Morgan fingerprint density at radius 3 is 2.42 bits per heavy atom. The summed E-state index contributed by atoms with van der Waals surface area (Å²) in [5.41, 5.74) is 3.02. The number of rotatable bonds is 5. The van der Waals surface area contributed by atoms with E-state index in [1.165, 1.54) is 43.3 Å². The van der Waals surface area contributed by atoms with Crippen molar-refractivity contribution in [1.29, 1.82) is 5.26 Å². The number of hydrogen-bond donors (Lipinski definition) is 0. The third-order valence-corrected chi connectivity index (χ3v) is 4.79. The maximum atomic E-state index is 9.17. The highest BCUT2D eigenvalue weighted by molar-refractivity contribution is 5.22. The normalized spacial score (nSPS) is 21.8. The average Bonchev–Trinajstić information content (AvgIpc) is 2.39. The van der Waals surface area contributed by atoms with Gasteiger partial charge in [-0.1, -0.05) is 56.4 Å². The van der Waals surface area contributed by atoms with Crippen LogP contribution in [0.25, 0.3) is 0 Å². The van der Waals surface area contributed by atoms with Crippen molar-refractivity contribution < 1.29 is 0 Å². The van der Waals surface area contributed by atoms with Crippen LogP contribution >= 0.6 is 0 Å². The summed E-state index contributed by atoms with van der Waals surface area (Å²) in [6.45, 7) is 8.88. The molecule has 0 amide bonds. The van der Waals surface area contributed by atoms with Gasteiger partial charge in [0.15, 0.2) is 0 Å². The molecule has 1 saturated carbocycles. The molecule has 0 heterocycles. The van der Waals surface area contributed by atoms with E-state index in [0.29, 0.717) is 12.3 Å². The van der Waals surface area contributed by atoms with E-state index in [1.807, 2.05) is 0 Å². The molecule has 1 unspecified atom stereocenters. The van der Waals surface area contributed by atoms with E-state index in [9.17, 15) is 0 Å². The van der Waals surface area contributed by atoms with E-state index >= 15 is 0 Å². The Labute approximate surface area is 119 Å². The minimum absolute atomic E-state index is 0.238. The second-order valence-corrected chi connectivity index (χ2v) is 6.30. The van der Waals surface area contributed by atoms with Crippen molar-refractivity contribution in [3.05, 3.63) is 23.3 Å². The van der Waals surface area contributed by atoms with Gasteiger partial charge < -0.3 is 0 Å². The molecule has 1 aliphatic carbocycles. The Hall–Kier alpha value is -1.03. The highest BCUT2D eigenvalue weighted by Crippen LogP contribution is 2.46. The van der Waals surface area contributed by atoms with E-state index < -0.39 is 0 Å². The minimum atomic E-state index is 0.238. The monoisotopic (exact) mass is 259 g/mol. The molecular weight excluding hydrogens is 230 g/mol. The van der Waals surface area contributed by atoms with E-state index in [2.05, 4.69) is 45.9 Å². The fourth-order valence-electron chi connectivity index (χ4n) is 3.32. The van der Waals surface area contributed by atoms with Gasteiger partial charge in [0, 0.05) is 6.42 Å². The molecule has 0 spiro atoms. The fourth-order valence-corrected chi connectivity index (χ4v) is 3.32. The lowest BCUT2D eigenvalue weighted by Crippen LogP contribution is -2.30. The maximum Gasteiger partial charge on any atom is 0.0627 e. The Morgan fingerprint density at radius 1 is 1.26 bits per heavy atom. The Bertz CT molecular complexity index is 375. The zero-order valence-electron chi connectivity index (χ0n) is 13.1. The largest absolute Gasteiger partial charge is 0.198 e. The third-order valence-electron chi connectivity index (χ3n) is 4.79. The topological polar surface area (TPSA) is 23.8 Å². The molecule has 1 heteroatoms. The van der Waals surface area contributed by atoms with Gasteiger partial charge in [0.2, 0.25) is 0 Å². The molecule has 0 bridgehead atoms. The van der Waals surface area contributed by atoms with Crippen LogP contribution < -0.4 is 0 Å². The predicted molar refractivity (Wildman–Crippen MR) is 82.7 cm³/mol. The first kappa shape index (κ1) is 16.0. The Morgan fingerprint density at radius 2 is 1.89 bits per heavy atom. The van der Waals surface area contributed by atoms with Gasteiger partial charge in [-0.25, -0.2) is 0 Å². The maximum absolute atomic E-state index is 9.17. The molecule has 1 aliphatic rings. The first-order valence-electron chi connectivity index (χ1n) is 7.76. The molecule has 0 saturated heterocycles. The molecule has 0 radical (unpaired) electrons. The van der Waals surface area contributed by atoms with E-state index in [1.54, 1.807) is 0 Å². The van der Waals surface area contributed by atoms with E-state index in [4.69, 9.17) is 5.26 Å². The van der Waals surface area contributed by atoms with Crippen molar-refractivity contribution in [1.82, 2.24) is 0 Å². The first-order valence-corrected chi connectivity index (χ1v) is 7.76. The Balaban J connectivity index is 2.85. The van der Waals surface area contributed by atoms with Gasteiger partial charge in [-0.15, -0.1) is 0 Å². The number of hydrogen-bond acceptors (Lipinski definition) is 1. The highest BCUT2D eigenvalue weighted by Gasteiger charge is 2.36. The quantitative estimate of drug-likeness (QED) is 0.573. The number of nitrogens with zero attached hydrogens (tertiary/aromatic N) is 1. The smallest absolute Gasteiger partial charge is 0.0627 e. The van der Waals surface area contributed by atoms with Crippen molar-refractivity contribution in [2.24, 2.45) is 11.3 Å². The summed E-state index contributed by atoms with van der Waals surface area (Å²) in [4.78, 5) is 0. The van der Waals surface area contributed by atoms with Gasteiger partial charge in [0.1, 0.15) is 0 Å². The second-order valence-electron chi connectivity index (χ2n) is 6.30. The van der Waals surface area contributed by atoms with Crippen LogP contribution in [0.15, 0.2) is 23.3 Å². The third kappa shape index (κ3) is 4.53. The lowest BCUT2D eigenvalue weighted by atomic mass is 9.64. The van der Waals surface area contributed by atoms with Crippen molar-refractivity contribution in [3.8, 4) is 6.07 Å². The standard InChI is InChI=1S/C18H29N/c1-5-15(2)13-16(3)14-17(4)18(11-12-19)9-7-6-8-10-18/h13-14,17H,5-11H2,1-4H3/b15-13-,16-14-. The van der Waals surface area contributed by atoms with Gasteiger partial charge in [-0.3, -0.25) is 0 Å².